The molecule has 169 valence electrons. The molecule has 2 aliphatic heterocycles. The zero-order valence-electron chi connectivity index (χ0n) is 15.0. The molecule has 0 aromatic heterocycles. The Morgan fingerprint density at radius 3 is 2.30 bits per heavy atom. The van der Waals surface area contributed by atoms with Gasteiger partial charge in [-0.3, -0.25) is 19.5 Å². The molecule has 2 rings (SSSR count). The normalized spacial score (nSPS) is 31.5. The number of amides is 3. The van der Waals surface area contributed by atoms with E-state index < -0.39 is 65.3 Å². The number of alkyl halides is 1. The van der Waals surface area contributed by atoms with Crippen molar-refractivity contribution < 1.29 is 65.8 Å². The summed E-state index contributed by atoms with van der Waals surface area (Å²) in [6, 6.07) is -0.781. The maximum Gasteiger partial charge on any atom is 0.490 e. The summed E-state index contributed by atoms with van der Waals surface area (Å²) in [5.74, 6) is -0.561. The second kappa shape index (κ2) is 10.8. The standard InChI is InChI=1S/C9H16BrN2O14P3.Na/c10-4-2-12(9(15)11-8(4)14)7-1-5(13)6(24-7)3-23-28(19,20)26-29(21,22)25-27(16,17)18;/h4-7,13H,1-3H2,(H,19,20)(H,21,22)(H,11,14,15)(H2,16,17,18);. The second-order valence-corrected chi connectivity index (χ2v) is 11.3. The number of nitrogens with zero attached hydrogens (tertiary/aromatic N) is 1. The van der Waals surface area contributed by atoms with Gasteiger partial charge in [0.05, 0.1) is 12.7 Å². The molecule has 0 bridgehead atoms. The molecule has 21 heteroatoms. The van der Waals surface area contributed by atoms with Gasteiger partial charge in [0.25, 0.3) is 0 Å². The molecular weight excluding hydrogens is 556 g/mol. The summed E-state index contributed by atoms with van der Waals surface area (Å²) in [6.07, 6.45) is -3.76. The average molecular weight is 572 g/mol. The van der Waals surface area contributed by atoms with Crippen LogP contribution in [0.5, 0.6) is 0 Å². The average Bonchev–Trinajstić information content (AvgIpc) is 2.86. The molecule has 1 radical (unpaired) electrons. The van der Waals surface area contributed by atoms with E-state index in [1.807, 2.05) is 0 Å². The fraction of sp³-hybridized carbons (Fsp3) is 0.778. The Kier molecular flexibility index (Phi) is 10.3. The maximum absolute atomic E-state index is 11.9. The van der Waals surface area contributed by atoms with Crippen LogP contribution in [0.3, 0.4) is 0 Å². The van der Waals surface area contributed by atoms with Gasteiger partial charge in [0.1, 0.15) is 17.2 Å². The number of rotatable bonds is 8. The second-order valence-electron chi connectivity index (χ2n) is 5.73. The van der Waals surface area contributed by atoms with Crippen LogP contribution in [0.1, 0.15) is 6.42 Å². The maximum atomic E-state index is 11.9. The SMILES string of the molecule is O=C1NC(=O)N(C2CC(O)C(COP(=O)(O)OP(=O)(O)OP(=O)(O)O)O2)CC1Br.[Na]. The molecular formula is C9H16BrN2NaO14P3. The Balaban J connectivity index is 0.00000450. The third-order valence-corrected chi connectivity index (χ3v) is 8.01. The number of halogens is 1. The van der Waals surface area contributed by atoms with Gasteiger partial charge >= 0.3 is 29.5 Å². The fourth-order valence-electron chi connectivity index (χ4n) is 2.37. The number of carbonyl (C=O) groups is 2. The quantitative estimate of drug-likeness (QED) is 0.113. The molecule has 0 aliphatic carbocycles. The molecule has 6 N–H and O–H groups in total. The van der Waals surface area contributed by atoms with Crippen molar-refractivity contribution in [3.63, 3.8) is 0 Å². The number of phosphoric acid groups is 3. The van der Waals surface area contributed by atoms with Gasteiger partial charge in [-0.2, -0.15) is 8.62 Å². The van der Waals surface area contributed by atoms with Crippen molar-refractivity contribution in [2.75, 3.05) is 13.2 Å². The monoisotopic (exact) mass is 571 g/mol. The van der Waals surface area contributed by atoms with E-state index in [4.69, 9.17) is 19.4 Å². The summed E-state index contributed by atoms with van der Waals surface area (Å²) in [5.41, 5.74) is 0. The molecule has 2 saturated heterocycles. The van der Waals surface area contributed by atoms with Gasteiger partial charge in [0.15, 0.2) is 0 Å². The number of phosphoric ester groups is 1. The van der Waals surface area contributed by atoms with Crippen LogP contribution in [0.4, 0.5) is 4.79 Å². The number of nitrogens with one attached hydrogen (secondary N) is 1. The van der Waals surface area contributed by atoms with E-state index in [9.17, 15) is 33.3 Å². The number of ether oxygens (including phenoxy) is 1. The van der Waals surface area contributed by atoms with Crippen molar-refractivity contribution >= 4 is 80.9 Å². The fourth-order valence-corrected chi connectivity index (χ4v) is 5.83. The molecule has 0 spiro atoms. The number of urea groups is 1. The summed E-state index contributed by atoms with van der Waals surface area (Å²) >= 11 is 3.05. The summed E-state index contributed by atoms with van der Waals surface area (Å²) in [6.45, 7) is -0.946. The van der Waals surface area contributed by atoms with E-state index in [-0.39, 0.29) is 42.5 Å². The number of aliphatic hydroxyl groups is 1. The predicted octanol–water partition coefficient (Wildman–Crippen LogP) is -1.26. The Labute approximate surface area is 199 Å². The van der Waals surface area contributed by atoms with Crippen molar-refractivity contribution in [3.8, 4) is 0 Å². The first-order valence-corrected chi connectivity index (χ1v) is 12.9. The molecule has 6 atom stereocenters. The molecule has 2 fully saturated rings. The Bertz CT molecular complexity index is 810. The smallest absolute Gasteiger partial charge is 0.390 e. The molecule has 30 heavy (non-hydrogen) atoms. The Morgan fingerprint density at radius 2 is 1.73 bits per heavy atom. The molecule has 0 aromatic rings. The van der Waals surface area contributed by atoms with Crippen LogP contribution in [-0.4, -0.2) is 107 Å². The topological polar surface area (TPSA) is 239 Å². The van der Waals surface area contributed by atoms with Gasteiger partial charge < -0.3 is 29.4 Å². The van der Waals surface area contributed by atoms with E-state index in [0.717, 1.165) is 4.90 Å². The number of imide groups is 1. The van der Waals surface area contributed by atoms with E-state index in [0.29, 0.717) is 0 Å². The number of aliphatic hydroxyl groups excluding tert-OH is 1. The van der Waals surface area contributed by atoms with Crippen LogP contribution in [-0.2, 0) is 36.4 Å². The Morgan fingerprint density at radius 1 is 1.13 bits per heavy atom. The molecule has 0 saturated carbocycles. The summed E-state index contributed by atoms with van der Waals surface area (Å²) in [4.78, 5) is 59.0. The van der Waals surface area contributed by atoms with Gasteiger partial charge in [-0.25, -0.2) is 18.5 Å². The minimum Gasteiger partial charge on any atom is -0.390 e. The van der Waals surface area contributed by atoms with Crippen LogP contribution in [0, 0.1) is 0 Å². The molecule has 16 nitrogen and oxygen atoms in total. The number of hydrogen-bond donors (Lipinski definition) is 6. The molecule has 2 heterocycles. The van der Waals surface area contributed by atoms with Gasteiger partial charge in [0, 0.05) is 42.5 Å². The third kappa shape index (κ3) is 8.60. The van der Waals surface area contributed by atoms with Gasteiger partial charge in [-0.1, -0.05) is 15.9 Å². The predicted molar refractivity (Wildman–Crippen MR) is 97.8 cm³/mol. The van der Waals surface area contributed by atoms with E-state index >= 15 is 0 Å². The summed E-state index contributed by atoms with van der Waals surface area (Å²) < 4.78 is 50.3. The number of hydrogen-bond acceptors (Lipinski definition) is 10. The van der Waals surface area contributed by atoms with Crippen LogP contribution in [0.15, 0.2) is 0 Å². The van der Waals surface area contributed by atoms with Gasteiger partial charge in [-0.15, -0.1) is 0 Å². The zero-order valence-corrected chi connectivity index (χ0v) is 21.3. The largest absolute Gasteiger partial charge is 0.490 e. The van der Waals surface area contributed by atoms with Crippen molar-refractivity contribution in [2.24, 2.45) is 0 Å². The van der Waals surface area contributed by atoms with E-state index in [2.05, 4.69) is 34.4 Å². The van der Waals surface area contributed by atoms with Crippen LogP contribution in [0.25, 0.3) is 0 Å². The van der Waals surface area contributed by atoms with E-state index in [1.54, 1.807) is 0 Å². The van der Waals surface area contributed by atoms with Crippen molar-refractivity contribution in [2.45, 2.75) is 29.7 Å². The third-order valence-electron chi connectivity index (χ3n) is 3.50. The minimum atomic E-state index is -5.67. The van der Waals surface area contributed by atoms with Crippen LogP contribution >= 0.6 is 39.4 Å². The molecule has 2 aliphatic rings. The molecule has 0 aromatic carbocycles. The first-order chi connectivity index (χ1) is 13.1. The first kappa shape index (κ1) is 28.8. The van der Waals surface area contributed by atoms with Crippen molar-refractivity contribution in [3.05, 3.63) is 0 Å². The number of carbonyl (C=O) groups excluding carboxylic acids is 2. The minimum absolute atomic E-state index is 0. The van der Waals surface area contributed by atoms with Gasteiger partial charge in [0.2, 0.25) is 5.91 Å². The first-order valence-electron chi connectivity index (χ1n) is 7.46. The summed E-state index contributed by atoms with van der Waals surface area (Å²) in [5, 5.41) is 12.0. The van der Waals surface area contributed by atoms with Gasteiger partial charge in [-0.05, 0) is 0 Å². The van der Waals surface area contributed by atoms with E-state index in [1.165, 1.54) is 0 Å². The van der Waals surface area contributed by atoms with Crippen molar-refractivity contribution in [1.82, 2.24) is 10.2 Å². The molecule has 6 unspecified atom stereocenters. The Hall–Kier alpha value is 0.750. The van der Waals surface area contributed by atoms with Crippen molar-refractivity contribution in [1.29, 1.82) is 0 Å². The zero-order chi connectivity index (χ0) is 22.2. The van der Waals surface area contributed by atoms with Crippen LogP contribution in [0.2, 0.25) is 0 Å². The molecule has 3 amide bonds. The summed E-state index contributed by atoms with van der Waals surface area (Å²) in [7, 11) is -16.6. The van der Waals surface area contributed by atoms with Crippen LogP contribution < -0.4 is 5.32 Å².